The molecular formula is C7H3Cl2NO2S. The lowest BCUT2D eigenvalue weighted by molar-refractivity contribution is 0.605. The minimum absolute atomic E-state index is 0.109. The van der Waals surface area contributed by atoms with Gasteiger partial charge in [-0.05, 0) is 18.2 Å². The third-order valence-electron chi connectivity index (χ3n) is 1.32. The molecule has 0 heterocycles. The van der Waals surface area contributed by atoms with E-state index in [4.69, 9.17) is 28.5 Å². The molecule has 0 aliphatic heterocycles. The van der Waals surface area contributed by atoms with Gasteiger partial charge in [0.05, 0.1) is 14.9 Å². The smallest absolute Gasteiger partial charge is 0.208 e. The van der Waals surface area contributed by atoms with Crippen molar-refractivity contribution in [3.8, 4) is 5.40 Å². The monoisotopic (exact) mass is 235 g/mol. The number of thiocyanates is 1. The fourth-order valence-corrected chi connectivity index (χ4v) is 1.69. The van der Waals surface area contributed by atoms with E-state index in [0.29, 0.717) is 0 Å². The second-order valence-corrected chi connectivity index (χ2v) is 4.65. The van der Waals surface area contributed by atoms with Crippen molar-refractivity contribution in [1.29, 1.82) is 5.26 Å². The number of nitriles is 1. The van der Waals surface area contributed by atoms with Crippen LogP contribution in [-0.2, 0) is 9.84 Å². The molecule has 1 aromatic carbocycles. The van der Waals surface area contributed by atoms with Gasteiger partial charge in [-0.15, -0.1) is 0 Å². The third kappa shape index (κ3) is 2.13. The maximum atomic E-state index is 11.0. The van der Waals surface area contributed by atoms with Crippen molar-refractivity contribution in [3.63, 3.8) is 0 Å². The predicted molar refractivity (Wildman–Crippen MR) is 49.3 cm³/mol. The van der Waals surface area contributed by atoms with Gasteiger partial charge in [0.1, 0.15) is 0 Å². The van der Waals surface area contributed by atoms with E-state index in [0.717, 1.165) is 6.07 Å². The van der Waals surface area contributed by atoms with Gasteiger partial charge in [0.25, 0.3) is 9.84 Å². The summed E-state index contributed by atoms with van der Waals surface area (Å²) >= 11 is 11.1. The van der Waals surface area contributed by atoms with Crippen LogP contribution in [-0.4, -0.2) is 8.42 Å². The average Bonchev–Trinajstić information content (AvgIpc) is 2.09. The Balaban J connectivity index is 3.38. The van der Waals surface area contributed by atoms with Gasteiger partial charge in [0.15, 0.2) is 5.40 Å². The summed E-state index contributed by atoms with van der Waals surface area (Å²) in [7, 11) is -3.87. The second-order valence-electron chi connectivity index (χ2n) is 2.17. The van der Waals surface area contributed by atoms with Gasteiger partial charge < -0.3 is 0 Å². The van der Waals surface area contributed by atoms with Gasteiger partial charge in [-0.3, -0.25) is 0 Å². The van der Waals surface area contributed by atoms with Crippen LogP contribution in [0.25, 0.3) is 0 Å². The van der Waals surface area contributed by atoms with Crippen molar-refractivity contribution in [3.05, 3.63) is 28.2 Å². The first-order chi connectivity index (χ1) is 5.97. The Morgan fingerprint density at radius 1 is 1.23 bits per heavy atom. The number of benzene rings is 1. The highest BCUT2D eigenvalue weighted by Gasteiger charge is 2.13. The zero-order chi connectivity index (χ0) is 10.1. The number of nitrogens with zero attached hydrogens (tertiary/aromatic N) is 1. The molecule has 0 unspecified atom stereocenters. The van der Waals surface area contributed by atoms with E-state index in [-0.39, 0.29) is 14.9 Å². The normalized spacial score (nSPS) is 10.8. The van der Waals surface area contributed by atoms with Crippen LogP contribution in [0.3, 0.4) is 0 Å². The maximum Gasteiger partial charge on any atom is 0.269 e. The number of hydrogen-bond donors (Lipinski definition) is 0. The maximum absolute atomic E-state index is 11.0. The minimum atomic E-state index is -3.87. The van der Waals surface area contributed by atoms with Crippen molar-refractivity contribution in [2.24, 2.45) is 0 Å². The number of rotatable bonds is 1. The van der Waals surface area contributed by atoms with E-state index in [2.05, 4.69) is 0 Å². The summed E-state index contributed by atoms with van der Waals surface area (Å²) in [5, 5.41) is 9.83. The average molecular weight is 236 g/mol. The lowest BCUT2D eigenvalue weighted by Crippen LogP contribution is -1.95. The summed E-state index contributed by atoms with van der Waals surface area (Å²) in [6.07, 6.45) is 0. The van der Waals surface area contributed by atoms with Gasteiger partial charge in [-0.25, -0.2) is 8.42 Å². The Labute approximate surface area is 85.4 Å². The highest BCUT2D eigenvalue weighted by Crippen LogP contribution is 2.24. The van der Waals surface area contributed by atoms with Gasteiger partial charge in [-0.2, -0.15) is 5.26 Å². The van der Waals surface area contributed by atoms with Crippen LogP contribution in [0.4, 0.5) is 0 Å². The molecule has 0 saturated carbocycles. The van der Waals surface area contributed by atoms with E-state index in [1.165, 1.54) is 17.5 Å². The third-order valence-corrected chi connectivity index (χ3v) is 3.18. The topological polar surface area (TPSA) is 57.9 Å². The largest absolute Gasteiger partial charge is 0.269 e. The Bertz CT molecular complexity index is 476. The molecule has 0 aliphatic carbocycles. The van der Waals surface area contributed by atoms with Crippen molar-refractivity contribution in [1.82, 2.24) is 0 Å². The first-order valence-electron chi connectivity index (χ1n) is 3.08. The molecule has 0 amide bonds. The molecule has 1 aromatic rings. The molecule has 3 nitrogen and oxygen atoms in total. The van der Waals surface area contributed by atoms with Crippen LogP contribution in [0, 0.1) is 10.7 Å². The van der Waals surface area contributed by atoms with Crippen molar-refractivity contribution in [2.75, 3.05) is 0 Å². The molecule has 0 aliphatic rings. The molecule has 13 heavy (non-hydrogen) atoms. The lowest BCUT2D eigenvalue weighted by atomic mass is 10.4. The van der Waals surface area contributed by atoms with Crippen LogP contribution < -0.4 is 0 Å². The first kappa shape index (κ1) is 10.3. The van der Waals surface area contributed by atoms with Gasteiger partial charge in [0, 0.05) is 0 Å². The molecular weight excluding hydrogens is 233 g/mol. The van der Waals surface area contributed by atoms with Gasteiger partial charge in [-0.1, -0.05) is 23.2 Å². The van der Waals surface area contributed by atoms with Gasteiger partial charge >= 0.3 is 0 Å². The summed E-state index contributed by atoms with van der Waals surface area (Å²) in [6, 6.07) is 3.70. The van der Waals surface area contributed by atoms with E-state index in [9.17, 15) is 8.42 Å². The molecule has 0 fully saturated rings. The molecule has 0 radical (unpaired) electrons. The van der Waals surface area contributed by atoms with Crippen molar-refractivity contribution in [2.45, 2.75) is 4.90 Å². The molecule has 0 saturated heterocycles. The van der Waals surface area contributed by atoms with Crippen LogP contribution >= 0.6 is 23.2 Å². The molecule has 6 heteroatoms. The Hall–Kier alpha value is -0.760. The number of sulfone groups is 1. The summed E-state index contributed by atoms with van der Waals surface area (Å²) in [6.45, 7) is 0. The highest BCUT2D eigenvalue weighted by atomic mass is 35.5. The second kappa shape index (κ2) is 3.54. The molecule has 1 rings (SSSR count). The Morgan fingerprint density at radius 2 is 1.85 bits per heavy atom. The SMILES string of the molecule is N#CS(=O)(=O)c1ccc(Cl)c(Cl)c1. The van der Waals surface area contributed by atoms with Crippen LogP contribution in [0.2, 0.25) is 10.0 Å². The fourth-order valence-electron chi connectivity index (χ4n) is 0.697. The van der Waals surface area contributed by atoms with Crippen LogP contribution in [0.15, 0.2) is 23.1 Å². The zero-order valence-electron chi connectivity index (χ0n) is 6.16. The Morgan fingerprint density at radius 3 is 2.31 bits per heavy atom. The van der Waals surface area contributed by atoms with Crippen molar-refractivity contribution >= 4 is 33.0 Å². The quantitative estimate of drug-likeness (QED) is 0.555. The first-order valence-corrected chi connectivity index (χ1v) is 5.32. The molecule has 0 aromatic heterocycles. The summed E-state index contributed by atoms with van der Waals surface area (Å²) < 4.78 is 22.0. The fraction of sp³-hybridized carbons (Fsp3) is 0. The molecule has 0 spiro atoms. The van der Waals surface area contributed by atoms with Gasteiger partial charge in [0.2, 0.25) is 0 Å². The highest BCUT2D eigenvalue weighted by molar-refractivity contribution is 7.95. The number of hydrogen-bond acceptors (Lipinski definition) is 3. The molecule has 0 atom stereocenters. The predicted octanol–water partition coefficient (Wildman–Crippen LogP) is 2.25. The summed E-state index contributed by atoms with van der Waals surface area (Å²) in [5.41, 5.74) is 0. The molecule has 68 valence electrons. The zero-order valence-corrected chi connectivity index (χ0v) is 8.49. The van der Waals surface area contributed by atoms with E-state index < -0.39 is 9.84 Å². The number of halogens is 2. The van der Waals surface area contributed by atoms with E-state index in [1.54, 1.807) is 0 Å². The Kier molecular flexibility index (Phi) is 2.81. The molecule has 0 N–H and O–H groups in total. The summed E-state index contributed by atoms with van der Waals surface area (Å²) in [5.74, 6) is 0. The molecule has 0 bridgehead atoms. The van der Waals surface area contributed by atoms with Crippen molar-refractivity contribution < 1.29 is 8.42 Å². The standard InChI is InChI=1S/C7H3Cl2NO2S/c8-6-2-1-5(3-7(6)9)13(11,12)4-10/h1-3H. The van der Waals surface area contributed by atoms with Crippen LogP contribution in [0.5, 0.6) is 0 Å². The van der Waals surface area contributed by atoms with E-state index in [1.807, 2.05) is 0 Å². The van der Waals surface area contributed by atoms with E-state index >= 15 is 0 Å². The minimum Gasteiger partial charge on any atom is -0.208 e. The summed E-state index contributed by atoms with van der Waals surface area (Å²) in [4.78, 5) is -0.149. The van der Waals surface area contributed by atoms with Crippen LogP contribution in [0.1, 0.15) is 0 Å². The lowest BCUT2D eigenvalue weighted by Gasteiger charge is -1.97.